The largest absolute Gasteiger partial charge is 0.476 e. The zero-order valence-electron chi connectivity index (χ0n) is 24.6. The lowest BCUT2D eigenvalue weighted by atomic mass is 9.92. The Morgan fingerprint density at radius 3 is 2.48 bits per heavy atom. The van der Waals surface area contributed by atoms with Crippen LogP contribution in [0.1, 0.15) is 101 Å². The lowest BCUT2D eigenvalue weighted by Gasteiger charge is -2.39. The molecule has 0 radical (unpaired) electrons. The summed E-state index contributed by atoms with van der Waals surface area (Å²) in [5.74, 6) is -2.59. The first kappa shape index (κ1) is 33.6. The van der Waals surface area contributed by atoms with Crippen molar-refractivity contribution in [1.29, 1.82) is 0 Å². The number of aliphatic hydroxyl groups excluding tert-OH is 1. The SMILES string of the molecule is CCCC(=O)OCN(C(=O)C(NC(=O)C1CCCCN1C)C(C)CC)C(CC(O)c1nc(C(=O)O)cs1)C(C)C. The van der Waals surface area contributed by atoms with Crippen LogP contribution in [0.4, 0.5) is 0 Å². The lowest BCUT2D eigenvalue weighted by Crippen LogP contribution is -2.59. The van der Waals surface area contributed by atoms with Crippen LogP contribution in [-0.4, -0.2) is 87.2 Å². The van der Waals surface area contributed by atoms with E-state index in [1.165, 1.54) is 10.3 Å². The van der Waals surface area contributed by atoms with Crippen LogP contribution in [-0.2, 0) is 19.1 Å². The van der Waals surface area contributed by atoms with Crippen LogP contribution in [0, 0.1) is 11.8 Å². The Kier molecular flexibility index (Phi) is 13.5. The molecule has 0 spiro atoms. The molecule has 1 aromatic rings. The number of carboxylic acid groups (broad SMARTS) is 1. The van der Waals surface area contributed by atoms with Gasteiger partial charge in [-0.2, -0.15) is 0 Å². The Hall–Kier alpha value is -2.57. The topological polar surface area (TPSA) is 149 Å². The van der Waals surface area contributed by atoms with Gasteiger partial charge in [-0.05, 0) is 44.7 Å². The van der Waals surface area contributed by atoms with Crippen molar-refractivity contribution in [2.75, 3.05) is 20.3 Å². The zero-order chi connectivity index (χ0) is 30.0. The number of carbonyl (C=O) groups excluding carboxylic acids is 3. The fourth-order valence-corrected chi connectivity index (χ4v) is 5.68. The molecule has 226 valence electrons. The maximum Gasteiger partial charge on any atom is 0.355 e. The molecular weight excluding hydrogens is 536 g/mol. The molecule has 5 unspecified atom stereocenters. The number of hydrogen-bond donors (Lipinski definition) is 3. The molecule has 1 aliphatic rings. The van der Waals surface area contributed by atoms with Gasteiger partial charge in [0.1, 0.15) is 17.2 Å². The quantitative estimate of drug-likeness (QED) is 0.209. The molecular formula is C28H46N4O7S. The van der Waals surface area contributed by atoms with Gasteiger partial charge < -0.3 is 25.2 Å². The van der Waals surface area contributed by atoms with Gasteiger partial charge in [-0.1, -0.05) is 47.5 Å². The Labute approximate surface area is 241 Å². The highest BCUT2D eigenvalue weighted by atomic mass is 32.1. The first-order chi connectivity index (χ1) is 18.9. The number of carboxylic acids is 1. The monoisotopic (exact) mass is 582 g/mol. The smallest absolute Gasteiger partial charge is 0.355 e. The highest BCUT2D eigenvalue weighted by Crippen LogP contribution is 2.29. The number of nitrogens with zero attached hydrogens (tertiary/aromatic N) is 3. The average molecular weight is 583 g/mol. The summed E-state index contributed by atoms with van der Waals surface area (Å²) in [5.41, 5.74) is -0.159. The van der Waals surface area contributed by atoms with Gasteiger partial charge in [-0.15, -0.1) is 11.3 Å². The Morgan fingerprint density at radius 1 is 1.23 bits per heavy atom. The molecule has 0 aromatic carbocycles. The summed E-state index contributed by atoms with van der Waals surface area (Å²) in [6.45, 7) is 9.98. The third-order valence-corrected chi connectivity index (χ3v) is 8.56. The van der Waals surface area contributed by atoms with Crippen molar-refractivity contribution < 1.29 is 34.1 Å². The second-order valence-corrected chi connectivity index (χ2v) is 11.9. The number of nitrogens with one attached hydrogen (secondary N) is 1. The van der Waals surface area contributed by atoms with Crippen molar-refractivity contribution in [3.63, 3.8) is 0 Å². The second kappa shape index (κ2) is 16.0. The van der Waals surface area contributed by atoms with Gasteiger partial charge in [0, 0.05) is 24.3 Å². The molecule has 5 atom stereocenters. The number of likely N-dealkylation sites (N-methyl/N-ethyl adjacent to an activating group) is 1. The van der Waals surface area contributed by atoms with E-state index in [0.717, 1.165) is 37.1 Å². The van der Waals surface area contributed by atoms with E-state index in [9.17, 15) is 29.4 Å². The van der Waals surface area contributed by atoms with Crippen LogP contribution in [0.2, 0.25) is 0 Å². The van der Waals surface area contributed by atoms with Crippen LogP contribution < -0.4 is 5.32 Å². The molecule has 3 N–H and O–H groups in total. The molecule has 0 bridgehead atoms. The fourth-order valence-electron chi connectivity index (χ4n) is 4.89. The van der Waals surface area contributed by atoms with Crippen molar-refractivity contribution in [3.8, 4) is 0 Å². The number of hydrogen-bond acceptors (Lipinski definition) is 9. The number of rotatable bonds is 15. The van der Waals surface area contributed by atoms with E-state index in [0.29, 0.717) is 12.8 Å². The minimum absolute atomic E-state index is 0.0494. The minimum Gasteiger partial charge on any atom is -0.476 e. The molecule has 12 heteroatoms. The third kappa shape index (κ3) is 9.24. The van der Waals surface area contributed by atoms with Crippen molar-refractivity contribution in [3.05, 3.63) is 16.1 Å². The highest BCUT2D eigenvalue weighted by Gasteiger charge is 2.38. The lowest BCUT2D eigenvalue weighted by molar-refractivity contribution is -0.159. The van der Waals surface area contributed by atoms with Gasteiger partial charge in [0.05, 0.1) is 6.04 Å². The number of aromatic nitrogens is 1. The summed E-state index contributed by atoms with van der Waals surface area (Å²) in [7, 11) is 1.91. The van der Waals surface area contributed by atoms with E-state index >= 15 is 0 Å². The van der Waals surface area contributed by atoms with Crippen molar-refractivity contribution in [2.24, 2.45) is 11.8 Å². The fraction of sp³-hybridized carbons (Fsp3) is 0.750. The van der Waals surface area contributed by atoms with Crippen LogP contribution in [0.5, 0.6) is 0 Å². The Bertz CT molecular complexity index is 1000. The molecule has 2 rings (SSSR count). The first-order valence-corrected chi connectivity index (χ1v) is 15.1. The number of likely N-dealkylation sites (tertiary alicyclic amines) is 1. The molecule has 40 heavy (non-hydrogen) atoms. The summed E-state index contributed by atoms with van der Waals surface area (Å²) in [4.78, 5) is 58.6. The molecule has 1 aliphatic heterocycles. The maximum atomic E-state index is 14.2. The van der Waals surface area contributed by atoms with Crippen molar-refractivity contribution in [2.45, 2.75) is 104 Å². The minimum atomic E-state index is -1.19. The number of thiazole rings is 1. The van der Waals surface area contributed by atoms with Crippen LogP contribution in [0.3, 0.4) is 0 Å². The highest BCUT2D eigenvalue weighted by molar-refractivity contribution is 7.09. The summed E-state index contributed by atoms with van der Waals surface area (Å²) in [6.07, 6.45) is 3.02. The number of aromatic carboxylic acids is 1. The molecule has 2 heterocycles. The number of aliphatic hydroxyl groups is 1. The van der Waals surface area contributed by atoms with E-state index in [4.69, 9.17) is 4.74 Å². The van der Waals surface area contributed by atoms with Crippen LogP contribution in [0.25, 0.3) is 0 Å². The molecule has 1 aromatic heterocycles. The molecule has 2 amide bonds. The second-order valence-electron chi connectivity index (χ2n) is 11.0. The van der Waals surface area contributed by atoms with E-state index in [2.05, 4.69) is 10.3 Å². The standard InChI is InChI=1S/C28H46N4O7S/c1-7-11-23(34)39-16-32(21(17(3)4)14-22(33)26-29-19(15-40-26)28(37)38)27(36)24(18(5)8-2)30-25(35)20-12-9-10-13-31(20)6/h15,17-18,20-22,24,33H,7-14,16H2,1-6H3,(H,30,35)(H,37,38). The maximum absolute atomic E-state index is 14.2. The van der Waals surface area contributed by atoms with Gasteiger partial charge in [0.25, 0.3) is 0 Å². The first-order valence-electron chi connectivity index (χ1n) is 14.2. The van der Waals surface area contributed by atoms with E-state index in [-0.39, 0.29) is 60.0 Å². The van der Waals surface area contributed by atoms with Gasteiger partial charge in [-0.25, -0.2) is 9.78 Å². The van der Waals surface area contributed by atoms with Crippen LogP contribution in [0.15, 0.2) is 5.38 Å². The number of amides is 2. The number of carbonyl (C=O) groups is 4. The number of esters is 1. The molecule has 1 saturated heterocycles. The van der Waals surface area contributed by atoms with Crippen molar-refractivity contribution in [1.82, 2.24) is 20.1 Å². The summed E-state index contributed by atoms with van der Waals surface area (Å²) < 4.78 is 5.49. The van der Waals surface area contributed by atoms with E-state index < -0.39 is 30.1 Å². The van der Waals surface area contributed by atoms with E-state index in [1.54, 1.807) is 0 Å². The van der Waals surface area contributed by atoms with Crippen LogP contribution >= 0.6 is 11.3 Å². The number of ether oxygens (including phenoxy) is 1. The summed E-state index contributed by atoms with van der Waals surface area (Å²) >= 11 is 1.03. The van der Waals surface area contributed by atoms with Gasteiger partial charge >= 0.3 is 11.9 Å². The Morgan fingerprint density at radius 2 is 1.93 bits per heavy atom. The average Bonchev–Trinajstić information content (AvgIpc) is 3.41. The molecule has 0 aliphatic carbocycles. The summed E-state index contributed by atoms with van der Waals surface area (Å²) in [6, 6.07) is -1.76. The Balaban J connectivity index is 2.37. The van der Waals surface area contributed by atoms with Crippen molar-refractivity contribution >= 4 is 35.1 Å². The molecule has 0 saturated carbocycles. The predicted octanol–water partition coefficient (Wildman–Crippen LogP) is 3.43. The number of piperidine rings is 1. The van der Waals surface area contributed by atoms with Gasteiger partial charge in [0.2, 0.25) is 11.8 Å². The van der Waals surface area contributed by atoms with Gasteiger partial charge in [-0.3, -0.25) is 19.3 Å². The van der Waals surface area contributed by atoms with Gasteiger partial charge in [0.15, 0.2) is 12.4 Å². The predicted molar refractivity (Wildman–Crippen MR) is 152 cm³/mol. The van der Waals surface area contributed by atoms with E-state index in [1.807, 2.05) is 46.6 Å². The third-order valence-electron chi connectivity index (χ3n) is 7.61. The normalized spacial score (nSPS) is 18.9. The molecule has 11 nitrogen and oxygen atoms in total. The zero-order valence-corrected chi connectivity index (χ0v) is 25.4. The molecule has 1 fully saturated rings. The summed E-state index contributed by atoms with van der Waals surface area (Å²) in [5, 5.41) is 24.8.